The number of carbonyl (C=O) groups is 2. The highest BCUT2D eigenvalue weighted by Crippen LogP contribution is 2.33. The first-order valence-corrected chi connectivity index (χ1v) is 13.5. The average Bonchev–Trinajstić information content (AvgIpc) is 3.60. The number of rotatable bonds is 7. The van der Waals surface area contributed by atoms with Crippen LogP contribution in [0.5, 0.6) is 0 Å². The van der Waals surface area contributed by atoms with Gasteiger partial charge in [-0.05, 0) is 80.6 Å². The molecule has 3 fully saturated rings. The van der Waals surface area contributed by atoms with Gasteiger partial charge in [0.05, 0.1) is 21.9 Å². The summed E-state index contributed by atoms with van der Waals surface area (Å²) in [6, 6.07) is 11.5. The van der Waals surface area contributed by atoms with Crippen LogP contribution >= 0.6 is 22.9 Å². The van der Waals surface area contributed by atoms with Crippen LogP contribution in [0.2, 0.25) is 4.34 Å². The number of amides is 2. The minimum Gasteiger partial charge on any atom is -0.346 e. The van der Waals surface area contributed by atoms with E-state index in [1.807, 2.05) is 4.90 Å². The zero-order chi connectivity index (χ0) is 23.9. The molecule has 0 aliphatic carbocycles. The van der Waals surface area contributed by atoms with Gasteiger partial charge >= 0.3 is 0 Å². The summed E-state index contributed by atoms with van der Waals surface area (Å²) in [5, 5.41) is 3.07. The molecule has 3 aliphatic rings. The Bertz CT molecular complexity index is 1050. The molecule has 5 rings (SSSR count). The molecule has 6 nitrogen and oxygen atoms in total. The van der Waals surface area contributed by atoms with Crippen molar-refractivity contribution in [3.05, 3.63) is 51.2 Å². The second-order valence-electron chi connectivity index (χ2n) is 10.4. The van der Waals surface area contributed by atoms with Crippen molar-refractivity contribution in [3.8, 4) is 0 Å². The Labute approximate surface area is 210 Å². The molecule has 3 aliphatic heterocycles. The van der Waals surface area contributed by atoms with Gasteiger partial charge < -0.3 is 10.2 Å². The standard InChI is InChI=1S/C26H33ClN4O2S/c1-26(2,12-16-29-13-3-4-14-29)18-5-7-19(8-6-18)31-17-30-15-11-20(23(30)25(31)33)28-24(32)21-9-10-22(27)34-21/h5-10,20,23H,3-4,11-17H2,1-2H3,(H,28,32)/t20-,23+/m1/s1. The largest absolute Gasteiger partial charge is 0.346 e. The first-order chi connectivity index (χ1) is 16.3. The third-order valence-electron chi connectivity index (χ3n) is 7.67. The predicted octanol–water partition coefficient (Wildman–Crippen LogP) is 4.34. The van der Waals surface area contributed by atoms with E-state index in [0.29, 0.717) is 15.9 Å². The van der Waals surface area contributed by atoms with Crippen molar-refractivity contribution in [1.29, 1.82) is 0 Å². The van der Waals surface area contributed by atoms with Gasteiger partial charge in [-0.15, -0.1) is 11.3 Å². The van der Waals surface area contributed by atoms with E-state index in [1.54, 1.807) is 12.1 Å². The van der Waals surface area contributed by atoms with Crippen molar-refractivity contribution in [2.45, 2.75) is 57.0 Å². The van der Waals surface area contributed by atoms with Gasteiger partial charge in [-0.1, -0.05) is 37.6 Å². The smallest absolute Gasteiger partial charge is 0.261 e. The van der Waals surface area contributed by atoms with Gasteiger partial charge in [0.1, 0.15) is 6.04 Å². The Kier molecular flexibility index (Phi) is 6.73. The molecular formula is C26H33ClN4O2S. The van der Waals surface area contributed by atoms with Gasteiger partial charge in [-0.3, -0.25) is 19.4 Å². The van der Waals surface area contributed by atoms with Crippen LogP contribution < -0.4 is 10.2 Å². The van der Waals surface area contributed by atoms with Crippen LogP contribution in [0, 0.1) is 0 Å². The highest BCUT2D eigenvalue weighted by molar-refractivity contribution is 7.18. The maximum atomic E-state index is 13.4. The van der Waals surface area contributed by atoms with Crippen LogP contribution in [0.25, 0.3) is 0 Å². The molecule has 34 heavy (non-hydrogen) atoms. The third-order valence-corrected chi connectivity index (χ3v) is 8.90. The molecular weight excluding hydrogens is 468 g/mol. The first kappa shape index (κ1) is 23.8. The molecule has 4 heterocycles. The van der Waals surface area contributed by atoms with E-state index in [9.17, 15) is 9.59 Å². The highest BCUT2D eigenvalue weighted by Gasteiger charge is 2.48. The molecule has 0 bridgehead atoms. The number of fused-ring (bicyclic) bond motifs is 1. The summed E-state index contributed by atoms with van der Waals surface area (Å²) in [7, 11) is 0. The van der Waals surface area contributed by atoms with Crippen molar-refractivity contribution in [2.75, 3.05) is 37.7 Å². The quantitative estimate of drug-likeness (QED) is 0.614. The van der Waals surface area contributed by atoms with Crippen LogP contribution in [-0.2, 0) is 10.2 Å². The molecule has 182 valence electrons. The number of nitrogens with one attached hydrogen (secondary N) is 1. The number of thiophene rings is 1. The molecule has 1 aromatic heterocycles. The molecule has 2 atom stereocenters. The van der Waals surface area contributed by atoms with Crippen molar-refractivity contribution in [3.63, 3.8) is 0 Å². The van der Waals surface area contributed by atoms with E-state index in [0.717, 1.165) is 31.6 Å². The fourth-order valence-electron chi connectivity index (χ4n) is 5.47. The SMILES string of the molecule is CC(C)(CCN1CCCC1)c1ccc(N2CN3CC[C@@H](NC(=O)c4ccc(Cl)s4)[C@H]3C2=O)cc1. The van der Waals surface area contributed by atoms with Gasteiger partial charge in [0.25, 0.3) is 5.91 Å². The van der Waals surface area contributed by atoms with Gasteiger partial charge in [-0.2, -0.15) is 0 Å². The molecule has 0 saturated carbocycles. The summed E-state index contributed by atoms with van der Waals surface area (Å²) in [4.78, 5) is 33.1. The topological polar surface area (TPSA) is 55.9 Å². The molecule has 8 heteroatoms. The molecule has 2 amide bonds. The monoisotopic (exact) mass is 500 g/mol. The minimum absolute atomic E-state index is 0.0630. The zero-order valence-corrected chi connectivity index (χ0v) is 21.5. The molecule has 0 spiro atoms. The van der Waals surface area contributed by atoms with E-state index >= 15 is 0 Å². The predicted molar refractivity (Wildman–Crippen MR) is 138 cm³/mol. The number of halogens is 1. The number of nitrogens with zero attached hydrogens (tertiary/aromatic N) is 3. The van der Waals surface area contributed by atoms with E-state index in [2.05, 4.69) is 53.2 Å². The lowest BCUT2D eigenvalue weighted by Crippen LogP contribution is -2.46. The number of likely N-dealkylation sites (tertiary alicyclic amines) is 1. The number of carbonyl (C=O) groups excluding carboxylic acids is 2. The van der Waals surface area contributed by atoms with Crippen LogP contribution in [0.3, 0.4) is 0 Å². The van der Waals surface area contributed by atoms with Crippen LogP contribution in [-0.4, -0.2) is 66.5 Å². The molecule has 1 aromatic carbocycles. The maximum absolute atomic E-state index is 13.4. The Hall–Kier alpha value is -1.93. The zero-order valence-electron chi connectivity index (χ0n) is 19.9. The van der Waals surface area contributed by atoms with E-state index < -0.39 is 0 Å². The minimum atomic E-state index is -0.309. The lowest BCUT2D eigenvalue weighted by Gasteiger charge is -2.28. The maximum Gasteiger partial charge on any atom is 0.261 e. The summed E-state index contributed by atoms with van der Waals surface area (Å²) < 4.78 is 0.587. The summed E-state index contributed by atoms with van der Waals surface area (Å²) in [5.74, 6) is -0.0939. The second kappa shape index (κ2) is 9.61. The Balaban J connectivity index is 1.22. The third kappa shape index (κ3) is 4.76. The lowest BCUT2D eigenvalue weighted by molar-refractivity contribution is -0.119. The fraction of sp³-hybridized carbons (Fsp3) is 0.538. The molecule has 0 radical (unpaired) electrons. The van der Waals surface area contributed by atoms with Gasteiger partial charge in [0.15, 0.2) is 0 Å². The summed E-state index contributed by atoms with van der Waals surface area (Å²) in [5.41, 5.74) is 2.33. The van der Waals surface area contributed by atoms with Crippen LogP contribution in [0.1, 0.15) is 54.8 Å². The van der Waals surface area contributed by atoms with Crippen LogP contribution in [0.15, 0.2) is 36.4 Å². The number of hydrogen-bond donors (Lipinski definition) is 1. The summed E-state index contributed by atoms with van der Waals surface area (Å²) in [6.07, 6.45) is 4.55. The lowest BCUT2D eigenvalue weighted by atomic mass is 9.81. The van der Waals surface area contributed by atoms with Crippen molar-refractivity contribution in [2.24, 2.45) is 0 Å². The van der Waals surface area contributed by atoms with Crippen molar-refractivity contribution >= 4 is 40.4 Å². The summed E-state index contributed by atoms with van der Waals surface area (Å²) >= 11 is 7.23. The Morgan fingerprint density at radius 1 is 1.12 bits per heavy atom. The van der Waals surface area contributed by atoms with Gasteiger partial charge in [-0.25, -0.2) is 0 Å². The summed E-state index contributed by atoms with van der Waals surface area (Å²) in [6.45, 7) is 9.58. The van der Waals surface area contributed by atoms with Crippen molar-refractivity contribution < 1.29 is 9.59 Å². The number of hydrogen-bond acceptors (Lipinski definition) is 5. The van der Waals surface area contributed by atoms with Crippen molar-refractivity contribution in [1.82, 2.24) is 15.1 Å². The van der Waals surface area contributed by atoms with Crippen LogP contribution in [0.4, 0.5) is 5.69 Å². The van der Waals surface area contributed by atoms with E-state index in [-0.39, 0.29) is 29.3 Å². The normalized spacial score (nSPS) is 23.6. The van der Waals surface area contributed by atoms with Gasteiger partial charge in [0.2, 0.25) is 5.91 Å². The molecule has 1 N–H and O–H groups in total. The van der Waals surface area contributed by atoms with E-state index in [4.69, 9.17) is 11.6 Å². The Morgan fingerprint density at radius 2 is 1.85 bits per heavy atom. The Morgan fingerprint density at radius 3 is 2.53 bits per heavy atom. The number of benzene rings is 1. The highest BCUT2D eigenvalue weighted by atomic mass is 35.5. The molecule has 0 unspecified atom stereocenters. The van der Waals surface area contributed by atoms with Gasteiger partial charge in [0, 0.05) is 12.2 Å². The van der Waals surface area contributed by atoms with E-state index in [1.165, 1.54) is 42.8 Å². The fourth-order valence-corrected chi connectivity index (χ4v) is 6.42. The second-order valence-corrected chi connectivity index (χ2v) is 12.1. The molecule has 3 saturated heterocycles. The molecule has 2 aromatic rings. The first-order valence-electron chi connectivity index (χ1n) is 12.3. The number of anilines is 1. The average molecular weight is 501 g/mol.